The number of rotatable bonds is 2. The number of halogens is 1. The zero-order valence-corrected chi connectivity index (χ0v) is 9.60. The third kappa shape index (κ3) is 2.50. The monoisotopic (exact) mass is 261 g/mol. The van der Waals surface area contributed by atoms with E-state index in [4.69, 9.17) is 15.9 Å². The Balaban J connectivity index is 3.62. The SMILES string of the molecule is N#Cc1cc(S)c(S(=O)(=O)Cl)cc1C=O. The summed E-state index contributed by atoms with van der Waals surface area (Å²) in [6.07, 6.45) is 0.386. The fraction of sp³-hybridized carbons (Fsp3) is 0. The second kappa shape index (κ2) is 4.23. The second-order valence-corrected chi connectivity index (χ2v) is 5.59. The summed E-state index contributed by atoms with van der Waals surface area (Å²) in [4.78, 5) is 10.3. The zero-order valence-electron chi connectivity index (χ0n) is 7.14. The molecule has 4 nitrogen and oxygen atoms in total. The van der Waals surface area contributed by atoms with Crippen LogP contribution in [0.15, 0.2) is 21.9 Å². The minimum atomic E-state index is -3.96. The molecule has 0 amide bonds. The number of hydrogen-bond acceptors (Lipinski definition) is 5. The smallest absolute Gasteiger partial charge is 0.262 e. The maximum atomic E-state index is 11.0. The summed E-state index contributed by atoms with van der Waals surface area (Å²) in [7, 11) is 1.15. The van der Waals surface area contributed by atoms with E-state index >= 15 is 0 Å². The molecule has 0 bridgehead atoms. The Morgan fingerprint density at radius 1 is 1.47 bits per heavy atom. The van der Waals surface area contributed by atoms with Crippen molar-refractivity contribution in [2.24, 2.45) is 0 Å². The first-order chi connectivity index (χ1) is 6.90. The lowest BCUT2D eigenvalue weighted by atomic mass is 10.1. The van der Waals surface area contributed by atoms with Crippen molar-refractivity contribution in [1.29, 1.82) is 5.26 Å². The minimum absolute atomic E-state index is 0.0328. The van der Waals surface area contributed by atoms with Crippen LogP contribution in [0.3, 0.4) is 0 Å². The first-order valence-electron chi connectivity index (χ1n) is 3.57. The van der Waals surface area contributed by atoms with Crippen LogP contribution >= 0.6 is 23.3 Å². The standard InChI is InChI=1S/C8H4ClNO3S2/c9-15(12,13)8-2-6(4-11)5(3-10)1-7(8)14/h1-2,4,14H. The van der Waals surface area contributed by atoms with E-state index in [1.807, 2.05) is 0 Å². The van der Waals surface area contributed by atoms with Crippen molar-refractivity contribution in [1.82, 2.24) is 0 Å². The number of carbonyl (C=O) groups excluding carboxylic acids is 1. The fourth-order valence-electron chi connectivity index (χ4n) is 0.974. The quantitative estimate of drug-likeness (QED) is 0.498. The lowest BCUT2D eigenvalue weighted by Gasteiger charge is -2.03. The molecule has 1 aromatic rings. The predicted octanol–water partition coefficient (Wildman–Crippen LogP) is 1.59. The molecule has 0 spiro atoms. The van der Waals surface area contributed by atoms with Crippen molar-refractivity contribution in [2.45, 2.75) is 9.79 Å². The van der Waals surface area contributed by atoms with Gasteiger partial charge in [-0.2, -0.15) is 5.26 Å². The van der Waals surface area contributed by atoms with E-state index in [2.05, 4.69) is 12.6 Å². The minimum Gasteiger partial charge on any atom is -0.298 e. The molecule has 0 saturated heterocycles. The lowest BCUT2D eigenvalue weighted by molar-refractivity contribution is 0.112. The van der Waals surface area contributed by atoms with Gasteiger partial charge in [-0.05, 0) is 12.1 Å². The number of thiol groups is 1. The summed E-state index contributed by atoms with van der Waals surface area (Å²) in [6, 6.07) is 3.95. The van der Waals surface area contributed by atoms with Gasteiger partial charge in [0.15, 0.2) is 6.29 Å². The third-order valence-corrected chi connectivity index (χ3v) is 3.52. The first-order valence-corrected chi connectivity index (χ1v) is 6.32. The Morgan fingerprint density at radius 2 is 2.07 bits per heavy atom. The summed E-state index contributed by atoms with van der Waals surface area (Å²) in [5.41, 5.74) is 0.0218. The van der Waals surface area contributed by atoms with E-state index in [1.54, 1.807) is 6.07 Å². The second-order valence-electron chi connectivity index (χ2n) is 2.57. The molecule has 0 saturated carbocycles. The van der Waals surface area contributed by atoms with Crippen molar-refractivity contribution in [3.8, 4) is 6.07 Å². The molecule has 15 heavy (non-hydrogen) atoms. The highest BCUT2D eigenvalue weighted by molar-refractivity contribution is 8.14. The molecule has 0 atom stereocenters. The molecule has 1 aromatic carbocycles. The van der Waals surface area contributed by atoms with Crippen molar-refractivity contribution in [3.63, 3.8) is 0 Å². The predicted molar refractivity (Wildman–Crippen MR) is 56.8 cm³/mol. The van der Waals surface area contributed by atoms with E-state index in [-0.39, 0.29) is 20.9 Å². The Kier molecular flexibility index (Phi) is 3.39. The van der Waals surface area contributed by atoms with Gasteiger partial charge in [0, 0.05) is 21.1 Å². The molecular weight excluding hydrogens is 258 g/mol. The maximum Gasteiger partial charge on any atom is 0.262 e. The van der Waals surface area contributed by atoms with E-state index in [0.29, 0.717) is 6.29 Å². The van der Waals surface area contributed by atoms with Crippen LogP contribution in [0.25, 0.3) is 0 Å². The summed E-state index contributed by atoms with van der Waals surface area (Å²) in [5.74, 6) is 0. The number of hydrogen-bond donors (Lipinski definition) is 1. The van der Waals surface area contributed by atoms with E-state index in [0.717, 1.165) is 6.07 Å². The molecule has 0 radical (unpaired) electrons. The van der Waals surface area contributed by atoms with Crippen LogP contribution in [-0.2, 0) is 9.05 Å². The lowest BCUT2D eigenvalue weighted by Crippen LogP contribution is -1.97. The van der Waals surface area contributed by atoms with Crippen molar-refractivity contribution in [2.75, 3.05) is 0 Å². The molecule has 0 aliphatic rings. The van der Waals surface area contributed by atoms with Gasteiger partial charge in [-0.3, -0.25) is 4.79 Å². The molecule has 0 unspecified atom stereocenters. The van der Waals surface area contributed by atoms with Crippen LogP contribution in [0, 0.1) is 11.3 Å². The van der Waals surface area contributed by atoms with Crippen LogP contribution < -0.4 is 0 Å². The van der Waals surface area contributed by atoms with Gasteiger partial charge in [-0.25, -0.2) is 8.42 Å². The molecule has 0 aliphatic carbocycles. The van der Waals surface area contributed by atoms with E-state index in [1.165, 1.54) is 6.07 Å². The number of nitriles is 1. The first kappa shape index (κ1) is 12.0. The molecular formula is C8H4ClNO3S2. The maximum absolute atomic E-state index is 11.0. The number of carbonyl (C=O) groups is 1. The van der Waals surface area contributed by atoms with Gasteiger partial charge < -0.3 is 0 Å². The molecule has 7 heteroatoms. The molecule has 0 aliphatic heterocycles. The Hall–Kier alpha value is -1.03. The van der Waals surface area contributed by atoms with Crippen LogP contribution in [-0.4, -0.2) is 14.7 Å². The average molecular weight is 262 g/mol. The summed E-state index contributed by atoms with van der Waals surface area (Å²) in [5, 5.41) is 8.64. The summed E-state index contributed by atoms with van der Waals surface area (Å²) < 4.78 is 22.1. The van der Waals surface area contributed by atoms with Crippen LogP contribution in [0.1, 0.15) is 15.9 Å². The molecule has 0 heterocycles. The van der Waals surface area contributed by atoms with Crippen LogP contribution in [0.5, 0.6) is 0 Å². The van der Waals surface area contributed by atoms with Crippen molar-refractivity contribution >= 4 is 38.6 Å². The Bertz CT molecular complexity index is 560. The summed E-state index contributed by atoms with van der Waals surface area (Å²) >= 11 is 3.87. The normalized spacial score (nSPS) is 10.7. The fourth-order valence-corrected chi connectivity index (χ4v) is 2.65. The molecule has 0 fully saturated rings. The van der Waals surface area contributed by atoms with E-state index < -0.39 is 9.05 Å². The van der Waals surface area contributed by atoms with Gasteiger partial charge in [0.1, 0.15) is 0 Å². The highest BCUT2D eigenvalue weighted by Gasteiger charge is 2.17. The molecule has 1 rings (SSSR count). The van der Waals surface area contributed by atoms with Gasteiger partial charge in [-0.15, -0.1) is 12.6 Å². The van der Waals surface area contributed by atoms with Gasteiger partial charge in [0.25, 0.3) is 9.05 Å². The van der Waals surface area contributed by atoms with E-state index in [9.17, 15) is 13.2 Å². The van der Waals surface area contributed by atoms with Gasteiger partial charge in [0.2, 0.25) is 0 Å². The van der Waals surface area contributed by atoms with Gasteiger partial charge in [-0.1, -0.05) is 0 Å². The largest absolute Gasteiger partial charge is 0.298 e. The van der Waals surface area contributed by atoms with Gasteiger partial charge in [0.05, 0.1) is 16.5 Å². The highest BCUT2D eigenvalue weighted by Crippen LogP contribution is 2.26. The van der Waals surface area contributed by atoms with Crippen molar-refractivity contribution < 1.29 is 13.2 Å². The van der Waals surface area contributed by atoms with Crippen LogP contribution in [0.2, 0.25) is 0 Å². The zero-order chi connectivity index (χ0) is 11.6. The third-order valence-electron chi connectivity index (χ3n) is 1.64. The number of aldehydes is 1. The molecule has 0 N–H and O–H groups in total. The Morgan fingerprint density at radius 3 is 2.47 bits per heavy atom. The van der Waals surface area contributed by atoms with Crippen LogP contribution in [0.4, 0.5) is 0 Å². The van der Waals surface area contributed by atoms with Crippen molar-refractivity contribution in [3.05, 3.63) is 23.3 Å². The number of benzene rings is 1. The molecule has 0 aromatic heterocycles. The number of nitrogens with zero attached hydrogens (tertiary/aromatic N) is 1. The average Bonchev–Trinajstić information content (AvgIpc) is 2.15. The topological polar surface area (TPSA) is 75.0 Å². The molecule has 78 valence electrons. The van der Waals surface area contributed by atoms with Gasteiger partial charge >= 0.3 is 0 Å². The summed E-state index contributed by atoms with van der Waals surface area (Å²) in [6.45, 7) is 0. The Labute approximate surface area is 96.3 Å². The highest BCUT2D eigenvalue weighted by atomic mass is 35.7.